The van der Waals surface area contributed by atoms with Crippen molar-refractivity contribution >= 4 is 23.1 Å². The highest BCUT2D eigenvalue weighted by molar-refractivity contribution is 7.17. The first-order chi connectivity index (χ1) is 9.13. The number of carbonyl (C=O) groups excluding carboxylic acids is 1. The number of aromatic nitrogens is 2. The van der Waals surface area contributed by atoms with Gasteiger partial charge in [0.15, 0.2) is 10.7 Å². The summed E-state index contributed by atoms with van der Waals surface area (Å²) in [5, 5.41) is 0.786. The molecular weight excluding hydrogens is 262 g/mol. The molecule has 0 aliphatic carbocycles. The van der Waals surface area contributed by atoms with Crippen LogP contribution in [0.3, 0.4) is 0 Å². The van der Waals surface area contributed by atoms with Gasteiger partial charge in [-0.3, -0.25) is 4.98 Å². The summed E-state index contributed by atoms with van der Waals surface area (Å²) in [6, 6.07) is 3.74. The molecule has 2 aromatic heterocycles. The van der Waals surface area contributed by atoms with Crippen molar-refractivity contribution in [2.75, 3.05) is 25.6 Å². The Hall–Kier alpha value is -1.95. The van der Waals surface area contributed by atoms with E-state index >= 15 is 0 Å². The number of hydrogen-bond donors (Lipinski definition) is 0. The minimum absolute atomic E-state index is 0.330. The molecule has 0 atom stereocenters. The normalized spacial score (nSPS) is 10.3. The van der Waals surface area contributed by atoms with Gasteiger partial charge in [0, 0.05) is 32.1 Å². The fourth-order valence-corrected chi connectivity index (χ4v) is 2.60. The zero-order valence-corrected chi connectivity index (χ0v) is 11.9. The molecule has 5 nitrogen and oxygen atoms in total. The number of carbonyl (C=O) groups is 1. The molecule has 2 heterocycles. The Bertz CT molecular complexity index is 567. The second-order valence-electron chi connectivity index (χ2n) is 4.02. The van der Waals surface area contributed by atoms with Gasteiger partial charge in [0.05, 0.1) is 6.61 Å². The summed E-state index contributed by atoms with van der Waals surface area (Å²) in [5.74, 6) is 0.305. The Morgan fingerprint density at radius 1 is 1.37 bits per heavy atom. The molecule has 0 bridgehead atoms. The van der Waals surface area contributed by atoms with Gasteiger partial charge in [-0.15, -0.1) is 11.3 Å². The molecule has 0 spiro atoms. The molecular formula is C13H15N3O2S. The number of ether oxygens (including phenoxy) is 1. The highest BCUT2D eigenvalue weighted by Crippen LogP contribution is 2.32. The highest BCUT2D eigenvalue weighted by atomic mass is 32.1. The summed E-state index contributed by atoms with van der Waals surface area (Å²) in [7, 11) is 3.71. The van der Waals surface area contributed by atoms with E-state index < -0.39 is 0 Å². The predicted molar refractivity (Wildman–Crippen MR) is 75.6 cm³/mol. The van der Waals surface area contributed by atoms with E-state index in [2.05, 4.69) is 9.97 Å². The molecule has 0 aliphatic heterocycles. The van der Waals surface area contributed by atoms with E-state index in [-0.39, 0.29) is 5.97 Å². The summed E-state index contributed by atoms with van der Waals surface area (Å²) in [6.45, 7) is 2.15. The number of anilines is 1. The van der Waals surface area contributed by atoms with Crippen molar-refractivity contribution in [2.45, 2.75) is 6.92 Å². The predicted octanol–water partition coefficient (Wildman–Crippen LogP) is 2.45. The lowest BCUT2D eigenvalue weighted by molar-refractivity contribution is 0.0532. The Labute approximate surface area is 115 Å². The average molecular weight is 277 g/mol. The van der Waals surface area contributed by atoms with Crippen LogP contribution in [-0.4, -0.2) is 36.6 Å². The van der Waals surface area contributed by atoms with Crippen LogP contribution < -0.4 is 4.90 Å². The zero-order valence-electron chi connectivity index (χ0n) is 11.1. The first-order valence-electron chi connectivity index (χ1n) is 5.89. The second kappa shape index (κ2) is 5.79. The molecule has 100 valence electrons. The maximum atomic E-state index is 11.9. The van der Waals surface area contributed by atoms with Crippen LogP contribution >= 0.6 is 11.3 Å². The minimum atomic E-state index is -0.330. The number of rotatable bonds is 4. The number of pyridine rings is 1. The largest absolute Gasteiger partial charge is 0.462 e. The summed E-state index contributed by atoms with van der Waals surface area (Å²) >= 11 is 1.33. The van der Waals surface area contributed by atoms with Gasteiger partial charge >= 0.3 is 5.97 Å². The van der Waals surface area contributed by atoms with Gasteiger partial charge in [0.2, 0.25) is 0 Å². The molecule has 0 aliphatic rings. The first kappa shape index (κ1) is 13.5. The summed E-state index contributed by atoms with van der Waals surface area (Å²) in [6.07, 6.45) is 3.41. The van der Waals surface area contributed by atoms with E-state index in [1.165, 1.54) is 11.3 Å². The lowest BCUT2D eigenvalue weighted by atomic mass is 10.3. The van der Waals surface area contributed by atoms with E-state index in [4.69, 9.17) is 4.74 Å². The summed E-state index contributed by atoms with van der Waals surface area (Å²) < 4.78 is 5.06. The topological polar surface area (TPSA) is 55.3 Å². The molecule has 19 heavy (non-hydrogen) atoms. The standard InChI is InChI=1S/C13H15N3O2S/c1-4-18-13(17)10-11(16(2)3)15-12(19-10)9-5-7-14-8-6-9/h5-8H,4H2,1-3H3. The molecule has 0 N–H and O–H groups in total. The van der Waals surface area contributed by atoms with Crippen molar-refractivity contribution in [1.82, 2.24) is 9.97 Å². The van der Waals surface area contributed by atoms with E-state index in [0.717, 1.165) is 10.6 Å². The van der Waals surface area contributed by atoms with Crippen LogP contribution in [0.25, 0.3) is 10.6 Å². The van der Waals surface area contributed by atoms with Crippen LogP contribution in [0.4, 0.5) is 5.82 Å². The minimum Gasteiger partial charge on any atom is -0.462 e. The van der Waals surface area contributed by atoms with Crippen LogP contribution in [-0.2, 0) is 4.74 Å². The van der Waals surface area contributed by atoms with Crippen molar-refractivity contribution in [3.8, 4) is 10.6 Å². The molecule has 6 heteroatoms. The third-order valence-corrected chi connectivity index (χ3v) is 3.49. The zero-order chi connectivity index (χ0) is 13.8. The van der Waals surface area contributed by atoms with Gasteiger partial charge in [-0.25, -0.2) is 9.78 Å². The maximum Gasteiger partial charge on any atom is 0.352 e. The monoisotopic (exact) mass is 277 g/mol. The van der Waals surface area contributed by atoms with Crippen molar-refractivity contribution in [3.63, 3.8) is 0 Å². The Kier molecular flexibility index (Phi) is 4.11. The quantitative estimate of drug-likeness (QED) is 0.803. The van der Waals surface area contributed by atoms with Crippen molar-refractivity contribution in [1.29, 1.82) is 0 Å². The fraction of sp³-hybridized carbons (Fsp3) is 0.308. The Morgan fingerprint density at radius 3 is 2.63 bits per heavy atom. The Balaban J connectivity index is 2.44. The molecule has 0 amide bonds. The summed E-state index contributed by atoms with van der Waals surface area (Å²) in [4.78, 5) is 22.7. The van der Waals surface area contributed by atoms with Crippen LogP contribution in [0.2, 0.25) is 0 Å². The number of nitrogens with zero attached hydrogens (tertiary/aromatic N) is 3. The van der Waals surface area contributed by atoms with Gasteiger partial charge < -0.3 is 9.64 Å². The molecule has 2 rings (SSSR count). The lowest BCUT2D eigenvalue weighted by Gasteiger charge is -2.10. The number of esters is 1. The Morgan fingerprint density at radius 2 is 2.05 bits per heavy atom. The van der Waals surface area contributed by atoms with Crippen LogP contribution in [0.5, 0.6) is 0 Å². The van der Waals surface area contributed by atoms with Crippen molar-refractivity contribution in [3.05, 3.63) is 29.4 Å². The van der Waals surface area contributed by atoms with E-state index in [1.807, 2.05) is 31.1 Å². The van der Waals surface area contributed by atoms with Gasteiger partial charge in [0.25, 0.3) is 0 Å². The average Bonchev–Trinajstić information content (AvgIpc) is 2.85. The molecule has 0 radical (unpaired) electrons. The maximum absolute atomic E-state index is 11.9. The first-order valence-corrected chi connectivity index (χ1v) is 6.70. The molecule has 0 unspecified atom stereocenters. The molecule has 0 saturated heterocycles. The van der Waals surface area contributed by atoms with Gasteiger partial charge in [-0.05, 0) is 19.1 Å². The second-order valence-corrected chi connectivity index (χ2v) is 5.02. The van der Waals surface area contributed by atoms with Gasteiger partial charge in [-0.1, -0.05) is 0 Å². The third kappa shape index (κ3) is 2.90. The van der Waals surface area contributed by atoms with E-state index in [0.29, 0.717) is 17.3 Å². The number of thiazole rings is 1. The van der Waals surface area contributed by atoms with Crippen molar-refractivity contribution in [2.24, 2.45) is 0 Å². The highest BCUT2D eigenvalue weighted by Gasteiger charge is 2.21. The third-order valence-electron chi connectivity index (χ3n) is 2.42. The summed E-state index contributed by atoms with van der Waals surface area (Å²) in [5.41, 5.74) is 0.943. The van der Waals surface area contributed by atoms with Gasteiger partial charge in [-0.2, -0.15) is 0 Å². The van der Waals surface area contributed by atoms with Crippen molar-refractivity contribution < 1.29 is 9.53 Å². The molecule has 2 aromatic rings. The molecule has 0 aromatic carbocycles. The molecule has 0 saturated carbocycles. The smallest absolute Gasteiger partial charge is 0.352 e. The van der Waals surface area contributed by atoms with Gasteiger partial charge in [0.1, 0.15) is 5.01 Å². The molecule has 0 fully saturated rings. The van der Waals surface area contributed by atoms with Crippen LogP contribution in [0.1, 0.15) is 16.6 Å². The van der Waals surface area contributed by atoms with E-state index in [9.17, 15) is 4.79 Å². The van der Waals surface area contributed by atoms with Crippen LogP contribution in [0, 0.1) is 0 Å². The lowest BCUT2D eigenvalue weighted by Crippen LogP contribution is -2.14. The fourth-order valence-electron chi connectivity index (χ4n) is 1.56. The SMILES string of the molecule is CCOC(=O)c1sc(-c2ccncc2)nc1N(C)C. The van der Waals surface area contributed by atoms with E-state index in [1.54, 1.807) is 19.3 Å². The van der Waals surface area contributed by atoms with Crippen LogP contribution in [0.15, 0.2) is 24.5 Å². The number of hydrogen-bond acceptors (Lipinski definition) is 6.